The fraction of sp³-hybridized carbons (Fsp3) is 0.714. The predicted octanol–water partition coefficient (Wildman–Crippen LogP) is 2.27. The van der Waals surface area contributed by atoms with Crippen LogP contribution in [0.25, 0.3) is 0 Å². The quantitative estimate of drug-likeness (QED) is 0.870. The maximum absolute atomic E-state index is 12.0. The minimum absolute atomic E-state index is 0.130. The second-order valence-corrected chi connectivity index (χ2v) is 6.66. The van der Waals surface area contributed by atoms with Gasteiger partial charge in [-0.25, -0.2) is 4.98 Å². The monoisotopic (exact) mass is 281 g/mol. The molecule has 0 saturated carbocycles. The van der Waals surface area contributed by atoms with E-state index in [0.717, 1.165) is 24.5 Å². The Morgan fingerprint density at radius 3 is 3.11 bits per heavy atom. The zero-order chi connectivity index (χ0) is 13.7. The van der Waals surface area contributed by atoms with Gasteiger partial charge in [-0.2, -0.15) is 0 Å². The summed E-state index contributed by atoms with van der Waals surface area (Å²) in [6.07, 6.45) is 5.85. The summed E-state index contributed by atoms with van der Waals surface area (Å²) < 4.78 is 0. The maximum atomic E-state index is 12.0. The highest BCUT2D eigenvalue weighted by Crippen LogP contribution is 2.22. The number of carbonyl (C=O) groups is 1. The van der Waals surface area contributed by atoms with Crippen molar-refractivity contribution in [1.29, 1.82) is 0 Å². The number of hydrogen-bond donors (Lipinski definition) is 2. The van der Waals surface area contributed by atoms with Crippen molar-refractivity contribution in [1.82, 2.24) is 15.6 Å². The van der Waals surface area contributed by atoms with Gasteiger partial charge in [0.2, 0.25) is 5.91 Å². The predicted molar refractivity (Wildman–Crippen MR) is 78.1 cm³/mol. The number of nitrogens with one attached hydrogen (secondary N) is 2. The Hall–Kier alpha value is -0.940. The zero-order valence-electron chi connectivity index (χ0n) is 11.7. The third-order valence-electron chi connectivity index (χ3n) is 3.60. The zero-order valence-corrected chi connectivity index (χ0v) is 12.6. The number of piperidine rings is 1. The van der Waals surface area contributed by atoms with Crippen molar-refractivity contribution in [2.75, 3.05) is 13.1 Å². The second-order valence-electron chi connectivity index (χ2n) is 5.76. The smallest absolute Gasteiger partial charge is 0.220 e. The molecule has 0 bridgehead atoms. The van der Waals surface area contributed by atoms with Gasteiger partial charge in [0.05, 0.1) is 5.54 Å². The molecule has 19 heavy (non-hydrogen) atoms. The van der Waals surface area contributed by atoms with E-state index in [2.05, 4.69) is 15.6 Å². The average Bonchev–Trinajstić information content (AvgIpc) is 2.92. The molecular weight excluding hydrogens is 258 g/mol. The lowest BCUT2D eigenvalue weighted by molar-refractivity contribution is -0.123. The summed E-state index contributed by atoms with van der Waals surface area (Å²) in [7, 11) is 0. The largest absolute Gasteiger partial charge is 0.345 e. The van der Waals surface area contributed by atoms with Gasteiger partial charge in [-0.15, -0.1) is 11.3 Å². The fourth-order valence-corrected chi connectivity index (χ4v) is 3.22. The summed E-state index contributed by atoms with van der Waals surface area (Å²) in [6.45, 7) is 6.20. The van der Waals surface area contributed by atoms with Crippen LogP contribution in [0.4, 0.5) is 0 Å². The first kappa shape index (κ1) is 14.5. The Morgan fingerprint density at radius 1 is 1.63 bits per heavy atom. The molecule has 1 aromatic heterocycles. The normalized spacial score (nSPS) is 20.2. The maximum Gasteiger partial charge on any atom is 0.220 e. The van der Waals surface area contributed by atoms with Crippen molar-refractivity contribution in [3.05, 3.63) is 16.6 Å². The molecule has 2 N–H and O–H groups in total. The van der Waals surface area contributed by atoms with Crippen molar-refractivity contribution < 1.29 is 4.79 Å². The van der Waals surface area contributed by atoms with Crippen molar-refractivity contribution >= 4 is 17.2 Å². The van der Waals surface area contributed by atoms with Crippen LogP contribution in [0.15, 0.2) is 11.6 Å². The number of thiazole rings is 1. The molecule has 0 aromatic carbocycles. The van der Waals surface area contributed by atoms with Crippen LogP contribution in [0, 0.1) is 5.92 Å². The second kappa shape index (κ2) is 6.48. The lowest BCUT2D eigenvalue weighted by Crippen LogP contribution is -2.41. The summed E-state index contributed by atoms with van der Waals surface area (Å²) >= 11 is 1.58. The number of carbonyl (C=O) groups excluding carboxylic acids is 1. The summed E-state index contributed by atoms with van der Waals surface area (Å²) in [5.74, 6) is 0.785. The molecule has 1 amide bonds. The molecule has 5 heteroatoms. The van der Waals surface area contributed by atoms with Gasteiger partial charge in [-0.1, -0.05) is 0 Å². The molecule has 0 aliphatic carbocycles. The van der Waals surface area contributed by atoms with Crippen LogP contribution >= 0.6 is 11.3 Å². The molecule has 1 atom stereocenters. The lowest BCUT2D eigenvalue weighted by Gasteiger charge is -2.25. The van der Waals surface area contributed by atoms with E-state index in [1.165, 1.54) is 12.8 Å². The van der Waals surface area contributed by atoms with E-state index in [9.17, 15) is 4.79 Å². The third kappa shape index (κ3) is 4.28. The third-order valence-corrected chi connectivity index (χ3v) is 4.69. The highest BCUT2D eigenvalue weighted by Gasteiger charge is 2.25. The molecule has 1 aliphatic heterocycles. The summed E-state index contributed by atoms with van der Waals surface area (Å²) in [6, 6.07) is 0. The van der Waals surface area contributed by atoms with Gasteiger partial charge in [0.25, 0.3) is 0 Å². The van der Waals surface area contributed by atoms with Crippen LogP contribution in [-0.4, -0.2) is 24.0 Å². The van der Waals surface area contributed by atoms with Crippen molar-refractivity contribution in [3.8, 4) is 0 Å². The number of aromatic nitrogens is 1. The average molecular weight is 281 g/mol. The molecule has 0 spiro atoms. The van der Waals surface area contributed by atoms with E-state index in [1.54, 1.807) is 17.5 Å². The van der Waals surface area contributed by atoms with Crippen LogP contribution in [0.3, 0.4) is 0 Å². The Kier molecular flexibility index (Phi) is 4.93. The Morgan fingerprint density at radius 2 is 2.47 bits per heavy atom. The van der Waals surface area contributed by atoms with E-state index < -0.39 is 0 Å². The van der Waals surface area contributed by atoms with Gasteiger partial charge in [-0.05, 0) is 52.1 Å². The van der Waals surface area contributed by atoms with Crippen LogP contribution in [0.1, 0.15) is 44.5 Å². The van der Waals surface area contributed by atoms with Gasteiger partial charge in [0, 0.05) is 18.0 Å². The standard InChI is InChI=1S/C14H23N3OS/c1-14(2,13-16-8-9-19-13)17-12(18)6-5-11-4-3-7-15-10-11/h8-9,11,15H,3-7,10H2,1-2H3,(H,17,18). The van der Waals surface area contributed by atoms with Crippen LogP contribution in [0.5, 0.6) is 0 Å². The molecule has 2 rings (SSSR count). The molecule has 106 valence electrons. The highest BCUT2D eigenvalue weighted by atomic mass is 32.1. The molecule has 1 aliphatic rings. The van der Waals surface area contributed by atoms with Gasteiger partial charge in [-0.3, -0.25) is 4.79 Å². The van der Waals surface area contributed by atoms with Crippen LogP contribution in [0.2, 0.25) is 0 Å². The van der Waals surface area contributed by atoms with Gasteiger partial charge >= 0.3 is 0 Å². The van der Waals surface area contributed by atoms with Crippen molar-refractivity contribution in [2.45, 2.75) is 45.1 Å². The van der Waals surface area contributed by atoms with E-state index in [0.29, 0.717) is 12.3 Å². The summed E-state index contributed by atoms with van der Waals surface area (Å²) in [5, 5.41) is 9.38. The van der Waals surface area contributed by atoms with Gasteiger partial charge in [0.1, 0.15) is 5.01 Å². The fourth-order valence-electron chi connectivity index (χ4n) is 2.50. The van der Waals surface area contributed by atoms with E-state index >= 15 is 0 Å². The van der Waals surface area contributed by atoms with E-state index in [1.807, 2.05) is 19.2 Å². The SMILES string of the molecule is CC(C)(NC(=O)CCC1CCCNC1)c1nccs1. The van der Waals surface area contributed by atoms with Crippen molar-refractivity contribution in [3.63, 3.8) is 0 Å². The Bertz CT molecular complexity index is 397. The molecule has 1 unspecified atom stereocenters. The number of hydrogen-bond acceptors (Lipinski definition) is 4. The Balaban J connectivity index is 1.77. The number of nitrogens with zero attached hydrogens (tertiary/aromatic N) is 1. The Labute approximate surface area is 119 Å². The first-order chi connectivity index (χ1) is 9.08. The van der Waals surface area contributed by atoms with Crippen LogP contribution in [-0.2, 0) is 10.3 Å². The highest BCUT2D eigenvalue weighted by molar-refractivity contribution is 7.09. The molecule has 2 heterocycles. The summed E-state index contributed by atoms with van der Waals surface area (Å²) in [4.78, 5) is 16.3. The first-order valence-electron chi connectivity index (χ1n) is 6.99. The molecule has 1 fully saturated rings. The minimum Gasteiger partial charge on any atom is -0.345 e. The number of amides is 1. The van der Waals surface area contributed by atoms with Gasteiger partial charge in [0.15, 0.2) is 0 Å². The van der Waals surface area contributed by atoms with Crippen LogP contribution < -0.4 is 10.6 Å². The van der Waals surface area contributed by atoms with Crippen molar-refractivity contribution in [2.24, 2.45) is 5.92 Å². The molecule has 1 aromatic rings. The molecule has 1 saturated heterocycles. The molecule has 4 nitrogen and oxygen atoms in total. The topological polar surface area (TPSA) is 54.0 Å². The molecular formula is C14H23N3OS. The first-order valence-corrected chi connectivity index (χ1v) is 7.87. The lowest BCUT2D eigenvalue weighted by atomic mass is 9.94. The minimum atomic E-state index is -0.365. The van der Waals surface area contributed by atoms with E-state index in [4.69, 9.17) is 0 Å². The van der Waals surface area contributed by atoms with Gasteiger partial charge < -0.3 is 10.6 Å². The summed E-state index contributed by atoms with van der Waals surface area (Å²) in [5.41, 5.74) is -0.365. The van der Waals surface area contributed by atoms with E-state index in [-0.39, 0.29) is 11.4 Å². The number of rotatable bonds is 5. The molecule has 0 radical (unpaired) electrons.